The largest absolute Gasteiger partial charge is 0.357 e. The summed E-state index contributed by atoms with van der Waals surface area (Å²) in [4.78, 5) is 23.7. The van der Waals surface area contributed by atoms with Crippen LogP contribution >= 0.6 is 11.3 Å². The molecule has 1 aliphatic carbocycles. The molecule has 0 aliphatic heterocycles. The standard InChI is InChI=1S/C16H27N5OS/c1-4-17-16(19-11-15(22)21(2)3)18-10-9-14-20-12-7-5-6-8-13(12)23-14/h4-11H2,1-3H3,(H2,17,18,19). The van der Waals surface area contributed by atoms with E-state index >= 15 is 0 Å². The van der Waals surface area contributed by atoms with Crippen LogP contribution in [0, 0.1) is 0 Å². The zero-order valence-electron chi connectivity index (χ0n) is 14.3. The number of hydrogen-bond acceptors (Lipinski definition) is 4. The van der Waals surface area contributed by atoms with Gasteiger partial charge in [-0.25, -0.2) is 9.98 Å². The molecule has 0 unspecified atom stereocenters. The Morgan fingerprint density at radius 1 is 1.30 bits per heavy atom. The fourth-order valence-corrected chi connectivity index (χ4v) is 3.59. The summed E-state index contributed by atoms with van der Waals surface area (Å²) < 4.78 is 0. The second kappa shape index (κ2) is 8.86. The van der Waals surface area contributed by atoms with Crippen LogP contribution < -0.4 is 10.6 Å². The maximum absolute atomic E-state index is 11.6. The molecule has 23 heavy (non-hydrogen) atoms. The van der Waals surface area contributed by atoms with Crippen molar-refractivity contribution < 1.29 is 4.79 Å². The summed E-state index contributed by atoms with van der Waals surface area (Å²) in [5.41, 5.74) is 1.31. The third kappa shape index (κ3) is 5.49. The van der Waals surface area contributed by atoms with Crippen LogP contribution in [0.2, 0.25) is 0 Å². The van der Waals surface area contributed by atoms with E-state index in [9.17, 15) is 4.79 Å². The number of rotatable bonds is 6. The lowest BCUT2D eigenvalue weighted by molar-refractivity contribution is -0.127. The Bertz CT molecular complexity index is 529. The lowest BCUT2D eigenvalue weighted by Crippen LogP contribution is -2.39. The van der Waals surface area contributed by atoms with E-state index in [0.717, 1.165) is 25.9 Å². The number of carbonyl (C=O) groups is 1. The molecule has 0 radical (unpaired) electrons. The van der Waals surface area contributed by atoms with E-state index in [-0.39, 0.29) is 12.5 Å². The van der Waals surface area contributed by atoms with Crippen molar-refractivity contribution in [1.29, 1.82) is 0 Å². The Kier molecular flexibility index (Phi) is 6.83. The third-order valence-corrected chi connectivity index (χ3v) is 4.95. The molecule has 2 N–H and O–H groups in total. The van der Waals surface area contributed by atoms with Gasteiger partial charge in [0.1, 0.15) is 6.54 Å². The Labute approximate surface area is 142 Å². The van der Waals surface area contributed by atoms with Crippen LogP contribution in [-0.2, 0) is 24.1 Å². The highest BCUT2D eigenvalue weighted by Crippen LogP contribution is 2.26. The van der Waals surface area contributed by atoms with Crippen LogP contribution in [0.1, 0.15) is 35.3 Å². The lowest BCUT2D eigenvalue weighted by atomic mass is 10.0. The van der Waals surface area contributed by atoms with Gasteiger partial charge in [-0.1, -0.05) is 0 Å². The predicted octanol–water partition coefficient (Wildman–Crippen LogP) is 1.21. The SMILES string of the molecule is CCNC(=NCC(=O)N(C)C)NCCc1nc2c(s1)CCCC2. The summed E-state index contributed by atoms with van der Waals surface area (Å²) in [5, 5.41) is 7.64. The quantitative estimate of drug-likeness (QED) is 0.605. The van der Waals surface area contributed by atoms with Crippen LogP contribution in [0.25, 0.3) is 0 Å². The van der Waals surface area contributed by atoms with E-state index in [2.05, 4.69) is 15.6 Å². The van der Waals surface area contributed by atoms with Crippen molar-refractivity contribution in [2.75, 3.05) is 33.7 Å². The van der Waals surface area contributed by atoms with Gasteiger partial charge in [-0.05, 0) is 32.6 Å². The molecule has 0 spiro atoms. The van der Waals surface area contributed by atoms with Crippen molar-refractivity contribution in [2.45, 2.75) is 39.0 Å². The average Bonchev–Trinajstić information content (AvgIpc) is 2.94. The Morgan fingerprint density at radius 2 is 2.09 bits per heavy atom. The molecule has 2 rings (SSSR count). The molecule has 0 saturated heterocycles. The number of aliphatic imine (C=N–C) groups is 1. The third-order valence-electron chi connectivity index (χ3n) is 3.74. The van der Waals surface area contributed by atoms with E-state index in [1.807, 2.05) is 18.3 Å². The average molecular weight is 337 g/mol. The van der Waals surface area contributed by atoms with Gasteiger partial charge in [0.15, 0.2) is 5.96 Å². The molecule has 0 saturated carbocycles. The van der Waals surface area contributed by atoms with Gasteiger partial charge in [-0.2, -0.15) is 0 Å². The number of likely N-dealkylation sites (N-methyl/N-ethyl adjacent to an activating group) is 1. The smallest absolute Gasteiger partial charge is 0.243 e. The van der Waals surface area contributed by atoms with Crippen molar-refractivity contribution in [3.8, 4) is 0 Å². The molecule has 0 fully saturated rings. The summed E-state index contributed by atoms with van der Waals surface area (Å²) in [5.74, 6) is 0.679. The Morgan fingerprint density at radius 3 is 2.78 bits per heavy atom. The summed E-state index contributed by atoms with van der Waals surface area (Å²) in [6.45, 7) is 3.72. The van der Waals surface area contributed by atoms with Crippen LogP contribution in [-0.4, -0.2) is 55.5 Å². The number of nitrogens with zero attached hydrogens (tertiary/aromatic N) is 3. The van der Waals surface area contributed by atoms with Gasteiger partial charge in [0.2, 0.25) is 5.91 Å². The normalized spacial score (nSPS) is 14.3. The highest BCUT2D eigenvalue weighted by molar-refractivity contribution is 7.11. The van der Waals surface area contributed by atoms with E-state index < -0.39 is 0 Å². The molecule has 7 heteroatoms. The molecule has 1 amide bonds. The van der Waals surface area contributed by atoms with Gasteiger partial charge in [0.05, 0.1) is 10.7 Å². The second-order valence-corrected chi connectivity index (χ2v) is 7.01. The fraction of sp³-hybridized carbons (Fsp3) is 0.688. The lowest BCUT2D eigenvalue weighted by Gasteiger charge is -2.12. The molecule has 0 bridgehead atoms. The minimum Gasteiger partial charge on any atom is -0.357 e. The van der Waals surface area contributed by atoms with E-state index in [4.69, 9.17) is 4.98 Å². The van der Waals surface area contributed by atoms with Crippen molar-refractivity contribution in [3.05, 3.63) is 15.6 Å². The summed E-state index contributed by atoms with van der Waals surface area (Å²) in [6, 6.07) is 0. The first-order valence-electron chi connectivity index (χ1n) is 8.30. The second-order valence-electron chi connectivity index (χ2n) is 5.84. The van der Waals surface area contributed by atoms with Crippen molar-refractivity contribution in [3.63, 3.8) is 0 Å². The van der Waals surface area contributed by atoms with E-state index in [1.165, 1.54) is 34.8 Å². The zero-order chi connectivity index (χ0) is 16.7. The topological polar surface area (TPSA) is 69.6 Å². The molecule has 1 aromatic rings. The maximum Gasteiger partial charge on any atom is 0.243 e. The molecule has 1 heterocycles. The Balaban J connectivity index is 1.82. The molecule has 6 nitrogen and oxygen atoms in total. The molecule has 0 aromatic carbocycles. The highest BCUT2D eigenvalue weighted by Gasteiger charge is 2.14. The van der Waals surface area contributed by atoms with Gasteiger partial charge in [-0.15, -0.1) is 11.3 Å². The first-order valence-corrected chi connectivity index (χ1v) is 9.11. The number of hydrogen-bond donors (Lipinski definition) is 2. The summed E-state index contributed by atoms with van der Waals surface area (Å²) in [7, 11) is 3.48. The van der Waals surface area contributed by atoms with Crippen molar-refractivity contribution >= 4 is 23.2 Å². The van der Waals surface area contributed by atoms with Gasteiger partial charge < -0.3 is 15.5 Å². The van der Waals surface area contributed by atoms with E-state index in [1.54, 1.807) is 19.0 Å². The molecule has 1 aromatic heterocycles. The van der Waals surface area contributed by atoms with Gasteiger partial charge in [-0.3, -0.25) is 4.79 Å². The number of carbonyl (C=O) groups excluding carboxylic acids is 1. The number of amides is 1. The molecule has 128 valence electrons. The number of guanidine groups is 1. The van der Waals surface area contributed by atoms with Crippen molar-refractivity contribution in [1.82, 2.24) is 20.5 Å². The highest BCUT2D eigenvalue weighted by atomic mass is 32.1. The first kappa shape index (κ1) is 17.7. The number of nitrogens with one attached hydrogen (secondary N) is 2. The minimum atomic E-state index is -0.00481. The summed E-state index contributed by atoms with van der Waals surface area (Å²) in [6.07, 6.45) is 5.78. The first-order chi connectivity index (χ1) is 11.1. The van der Waals surface area contributed by atoms with Gasteiger partial charge >= 0.3 is 0 Å². The van der Waals surface area contributed by atoms with Gasteiger partial charge in [0.25, 0.3) is 0 Å². The summed E-state index contributed by atoms with van der Waals surface area (Å²) >= 11 is 1.85. The van der Waals surface area contributed by atoms with Gasteiger partial charge in [0, 0.05) is 38.5 Å². The van der Waals surface area contributed by atoms with Crippen LogP contribution in [0.15, 0.2) is 4.99 Å². The molecular weight excluding hydrogens is 310 g/mol. The van der Waals surface area contributed by atoms with E-state index in [0.29, 0.717) is 5.96 Å². The number of aryl methyl sites for hydroxylation is 2. The number of fused-ring (bicyclic) bond motifs is 1. The Hall–Kier alpha value is -1.63. The van der Waals surface area contributed by atoms with Crippen LogP contribution in [0.4, 0.5) is 0 Å². The predicted molar refractivity (Wildman–Crippen MR) is 95.1 cm³/mol. The van der Waals surface area contributed by atoms with Crippen LogP contribution in [0.3, 0.4) is 0 Å². The minimum absolute atomic E-state index is 0.00481. The maximum atomic E-state index is 11.6. The molecular formula is C16H27N5OS. The zero-order valence-corrected chi connectivity index (χ0v) is 15.1. The number of aromatic nitrogens is 1. The number of thiazole rings is 1. The molecule has 0 atom stereocenters. The monoisotopic (exact) mass is 337 g/mol. The fourth-order valence-electron chi connectivity index (χ4n) is 2.43. The molecule has 1 aliphatic rings. The van der Waals surface area contributed by atoms with Crippen LogP contribution in [0.5, 0.6) is 0 Å². The van der Waals surface area contributed by atoms with Crippen molar-refractivity contribution in [2.24, 2.45) is 4.99 Å².